The van der Waals surface area contributed by atoms with E-state index in [4.69, 9.17) is 9.84 Å². The van der Waals surface area contributed by atoms with E-state index in [0.29, 0.717) is 15.7 Å². The van der Waals surface area contributed by atoms with Gasteiger partial charge < -0.3 is 15.2 Å². The molecule has 0 saturated heterocycles. The van der Waals surface area contributed by atoms with Crippen LogP contribution in [0.3, 0.4) is 0 Å². The molecule has 6 heteroatoms. The molecule has 1 heterocycles. The van der Waals surface area contributed by atoms with Gasteiger partial charge in [0.15, 0.2) is 0 Å². The molecule has 0 atom stereocenters. The lowest BCUT2D eigenvalue weighted by atomic mass is 9.75. The Hall–Kier alpha value is -1.93. The summed E-state index contributed by atoms with van der Waals surface area (Å²) in [6.45, 7) is 11.0. The second-order valence-corrected chi connectivity index (χ2v) is 9.51. The number of rotatable bonds is 3. The van der Waals surface area contributed by atoms with E-state index < -0.39 is 5.97 Å². The van der Waals surface area contributed by atoms with Crippen LogP contribution in [0, 0.1) is 10.5 Å². The lowest BCUT2D eigenvalue weighted by Crippen LogP contribution is -2.40. The van der Waals surface area contributed by atoms with Gasteiger partial charge in [-0.25, -0.2) is 4.79 Å². The standard InChI is InChI=1S/C22H24INO4/c1-12-8-16-15(21(2,3)11-28-22(16,4)5)10-18(12)24-19(25)13-6-7-14(20(26)27)17(23)9-13/h6-10H,11H2,1-5H3,(H,24,25)(H,26,27). The van der Waals surface area contributed by atoms with Crippen molar-refractivity contribution in [2.45, 2.75) is 45.6 Å². The maximum atomic E-state index is 12.8. The number of anilines is 1. The normalized spacial score (nSPS) is 16.9. The molecule has 0 bridgehead atoms. The van der Waals surface area contributed by atoms with Gasteiger partial charge in [-0.05, 0) is 84.3 Å². The fraction of sp³-hybridized carbons (Fsp3) is 0.364. The minimum Gasteiger partial charge on any atom is -0.478 e. The molecule has 2 aromatic carbocycles. The second-order valence-electron chi connectivity index (χ2n) is 8.35. The number of aromatic carboxylic acids is 1. The van der Waals surface area contributed by atoms with Gasteiger partial charge in [-0.2, -0.15) is 0 Å². The molecule has 0 aliphatic carbocycles. The van der Waals surface area contributed by atoms with Gasteiger partial charge in [0.25, 0.3) is 5.91 Å². The second kappa shape index (κ2) is 7.15. The average Bonchev–Trinajstić information content (AvgIpc) is 2.60. The van der Waals surface area contributed by atoms with Crippen molar-refractivity contribution in [2.24, 2.45) is 0 Å². The number of benzene rings is 2. The van der Waals surface area contributed by atoms with E-state index in [-0.39, 0.29) is 22.5 Å². The SMILES string of the molecule is Cc1cc2c(cc1NC(=O)c1ccc(C(=O)O)c(I)c1)C(C)(C)COC2(C)C. The minimum atomic E-state index is -1.01. The van der Waals surface area contributed by atoms with Crippen molar-refractivity contribution in [3.05, 3.63) is 61.7 Å². The highest BCUT2D eigenvalue weighted by Gasteiger charge is 2.38. The van der Waals surface area contributed by atoms with Gasteiger partial charge in [0.1, 0.15) is 0 Å². The van der Waals surface area contributed by atoms with Crippen LogP contribution in [0.5, 0.6) is 0 Å². The number of hydrogen-bond donors (Lipinski definition) is 2. The highest BCUT2D eigenvalue weighted by molar-refractivity contribution is 14.1. The third-order valence-electron chi connectivity index (χ3n) is 5.25. The third kappa shape index (κ3) is 3.80. The van der Waals surface area contributed by atoms with E-state index in [1.165, 1.54) is 17.7 Å². The van der Waals surface area contributed by atoms with Gasteiger partial charge in [-0.3, -0.25) is 4.79 Å². The first-order valence-electron chi connectivity index (χ1n) is 9.06. The Morgan fingerprint density at radius 3 is 2.39 bits per heavy atom. The number of nitrogens with one attached hydrogen (secondary N) is 1. The minimum absolute atomic E-state index is 0.156. The molecule has 1 amide bonds. The van der Waals surface area contributed by atoms with Gasteiger partial charge in [-0.1, -0.05) is 19.9 Å². The van der Waals surface area contributed by atoms with Gasteiger partial charge in [0, 0.05) is 20.2 Å². The van der Waals surface area contributed by atoms with E-state index in [1.807, 2.05) is 35.6 Å². The number of ether oxygens (including phenoxy) is 1. The maximum Gasteiger partial charge on any atom is 0.336 e. The molecule has 1 aliphatic heterocycles. The molecule has 2 aromatic rings. The number of carboxylic acid groups (broad SMARTS) is 1. The number of amides is 1. The molecule has 28 heavy (non-hydrogen) atoms. The van der Waals surface area contributed by atoms with Crippen molar-refractivity contribution in [1.82, 2.24) is 0 Å². The number of halogens is 1. The van der Waals surface area contributed by atoms with Crippen LogP contribution >= 0.6 is 22.6 Å². The number of carboxylic acids is 1. The molecule has 5 nitrogen and oxygen atoms in total. The molecular weight excluding hydrogens is 469 g/mol. The van der Waals surface area contributed by atoms with E-state index in [1.54, 1.807) is 6.07 Å². The van der Waals surface area contributed by atoms with Crippen molar-refractivity contribution >= 4 is 40.2 Å². The zero-order chi connectivity index (χ0) is 20.9. The van der Waals surface area contributed by atoms with Crippen LogP contribution in [-0.4, -0.2) is 23.6 Å². The Kier molecular flexibility index (Phi) is 5.31. The molecule has 3 rings (SSSR count). The Morgan fingerprint density at radius 2 is 1.79 bits per heavy atom. The van der Waals surface area contributed by atoms with Crippen LogP contribution in [0.2, 0.25) is 0 Å². The maximum absolute atomic E-state index is 12.8. The van der Waals surface area contributed by atoms with Gasteiger partial charge >= 0.3 is 5.97 Å². The smallest absolute Gasteiger partial charge is 0.336 e. The Bertz CT molecular complexity index is 979. The number of carbonyl (C=O) groups excluding carboxylic acids is 1. The zero-order valence-corrected chi connectivity index (χ0v) is 18.8. The molecule has 2 N–H and O–H groups in total. The molecule has 0 aromatic heterocycles. The summed E-state index contributed by atoms with van der Waals surface area (Å²) in [5.74, 6) is -1.27. The Balaban J connectivity index is 1.96. The van der Waals surface area contributed by atoms with E-state index in [9.17, 15) is 9.59 Å². The molecule has 148 valence electrons. The molecule has 0 saturated carbocycles. The summed E-state index contributed by atoms with van der Waals surface area (Å²) in [4.78, 5) is 23.9. The van der Waals surface area contributed by atoms with Crippen molar-refractivity contribution in [3.63, 3.8) is 0 Å². The van der Waals surface area contributed by atoms with Gasteiger partial charge in [0.2, 0.25) is 0 Å². The van der Waals surface area contributed by atoms with Crippen LogP contribution in [-0.2, 0) is 15.8 Å². The highest BCUT2D eigenvalue weighted by Crippen LogP contribution is 2.43. The molecule has 0 radical (unpaired) electrons. The van der Waals surface area contributed by atoms with Crippen LogP contribution < -0.4 is 5.32 Å². The number of fused-ring (bicyclic) bond motifs is 1. The number of hydrogen-bond acceptors (Lipinski definition) is 3. The predicted molar refractivity (Wildman–Crippen MR) is 117 cm³/mol. The fourth-order valence-corrected chi connectivity index (χ4v) is 4.19. The first kappa shape index (κ1) is 20.8. The van der Waals surface area contributed by atoms with Crippen LogP contribution in [0.1, 0.15) is 65.1 Å². The van der Waals surface area contributed by atoms with E-state index in [0.717, 1.165) is 16.8 Å². The van der Waals surface area contributed by atoms with E-state index in [2.05, 4.69) is 39.1 Å². The van der Waals surface area contributed by atoms with Gasteiger partial charge in [-0.15, -0.1) is 0 Å². The molecule has 0 unspecified atom stereocenters. The third-order valence-corrected chi connectivity index (χ3v) is 6.14. The first-order valence-corrected chi connectivity index (χ1v) is 10.1. The van der Waals surface area contributed by atoms with Gasteiger partial charge in [0.05, 0.1) is 17.8 Å². The summed E-state index contributed by atoms with van der Waals surface area (Å²) >= 11 is 1.93. The summed E-state index contributed by atoms with van der Waals surface area (Å²) in [7, 11) is 0. The van der Waals surface area contributed by atoms with Crippen LogP contribution in [0.4, 0.5) is 5.69 Å². The highest BCUT2D eigenvalue weighted by atomic mass is 127. The molecule has 0 spiro atoms. The van der Waals surface area contributed by atoms with Crippen molar-refractivity contribution < 1.29 is 19.4 Å². The molecule has 1 aliphatic rings. The lowest BCUT2D eigenvalue weighted by molar-refractivity contribution is -0.0587. The van der Waals surface area contributed by atoms with Crippen LogP contribution in [0.15, 0.2) is 30.3 Å². The molecular formula is C22H24INO4. The fourth-order valence-electron chi connectivity index (χ4n) is 3.44. The number of carbonyl (C=O) groups is 2. The number of aryl methyl sites for hydroxylation is 1. The lowest BCUT2D eigenvalue weighted by Gasteiger charge is -2.42. The summed E-state index contributed by atoms with van der Waals surface area (Å²) in [5, 5.41) is 12.1. The average molecular weight is 493 g/mol. The molecule has 0 fully saturated rings. The zero-order valence-electron chi connectivity index (χ0n) is 16.6. The summed E-state index contributed by atoms with van der Waals surface area (Å²) < 4.78 is 6.59. The largest absolute Gasteiger partial charge is 0.478 e. The Morgan fingerprint density at radius 1 is 1.11 bits per heavy atom. The first-order chi connectivity index (χ1) is 12.9. The Labute approximate surface area is 178 Å². The summed E-state index contributed by atoms with van der Waals surface area (Å²) in [6.07, 6.45) is 0. The predicted octanol–water partition coefficient (Wildman–Crippen LogP) is 5.09. The van der Waals surface area contributed by atoms with Crippen molar-refractivity contribution in [2.75, 3.05) is 11.9 Å². The van der Waals surface area contributed by atoms with Crippen LogP contribution in [0.25, 0.3) is 0 Å². The quantitative estimate of drug-likeness (QED) is 0.584. The van der Waals surface area contributed by atoms with Crippen molar-refractivity contribution in [3.8, 4) is 0 Å². The summed E-state index contributed by atoms with van der Waals surface area (Å²) in [6, 6.07) is 8.72. The van der Waals surface area contributed by atoms with Crippen molar-refractivity contribution in [1.29, 1.82) is 0 Å². The topological polar surface area (TPSA) is 75.6 Å². The van der Waals surface area contributed by atoms with E-state index >= 15 is 0 Å². The summed E-state index contributed by atoms with van der Waals surface area (Å²) in [5.41, 5.74) is 4.10. The monoisotopic (exact) mass is 493 g/mol.